The largest absolute Gasteiger partial charge is 0.756 e. The molecule has 0 aliphatic heterocycles. The molecular formula is C51H102NO8P. The number of phosphoric ester groups is 1. The number of likely N-dealkylation sites (N-methyl/N-ethyl adjacent to an activating group) is 1. The molecule has 10 heteroatoms. The fourth-order valence-electron chi connectivity index (χ4n) is 7.78. The van der Waals surface area contributed by atoms with E-state index in [0.717, 1.165) is 32.1 Å². The first-order chi connectivity index (χ1) is 29.5. The summed E-state index contributed by atoms with van der Waals surface area (Å²) in [5, 5.41) is 0. The third-order valence-corrected chi connectivity index (χ3v) is 12.8. The SMILES string of the molecule is CCCCCCCCCCCCCCCCCCCCCCCCCCCCCCCC(=O)OC(COC(=O)CCCCCCCCCC)COP(=O)([O-])OCC[N+](C)(C)C. The molecule has 0 aromatic rings. The molecule has 0 aromatic carbocycles. The van der Waals surface area contributed by atoms with E-state index in [1.807, 2.05) is 21.1 Å². The standard InChI is InChI=1S/C51H102NO8P/c1-6-8-10-12-14-16-17-18-19-20-21-22-23-24-25-26-27-28-29-30-31-32-33-34-35-36-38-40-42-44-51(54)60-49(48-59-61(55,56)58-46-45-52(3,4)5)47-57-50(53)43-41-39-37-15-13-11-9-7-2/h49H,6-48H2,1-5H3. The van der Waals surface area contributed by atoms with E-state index in [0.29, 0.717) is 17.4 Å². The number of unbranched alkanes of at least 4 members (excludes halogenated alkanes) is 35. The first kappa shape index (κ1) is 60.0. The Labute approximate surface area is 378 Å². The lowest BCUT2D eigenvalue weighted by molar-refractivity contribution is -0.870. The Hall–Kier alpha value is -0.990. The second kappa shape index (κ2) is 44.2. The summed E-state index contributed by atoms with van der Waals surface area (Å²) in [6.45, 7) is 4.24. The lowest BCUT2D eigenvalue weighted by Gasteiger charge is -2.28. The van der Waals surface area contributed by atoms with Crippen molar-refractivity contribution in [3.05, 3.63) is 0 Å². The van der Waals surface area contributed by atoms with Crippen LogP contribution in [0.5, 0.6) is 0 Å². The number of nitrogens with zero attached hydrogens (tertiary/aromatic N) is 1. The Morgan fingerprint density at radius 1 is 0.443 bits per heavy atom. The highest BCUT2D eigenvalue weighted by Crippen LogP contribution is 2.38. The van der Waals surface area contributed by atoms with Crippen molar-refractivity contribution in [2.75, 3.05) is 47.5 Å². The summed E-state index contributed by atoms with van der Waals surface area (Å²) in [5.41, 5.74) is 0. The first-order valence-electron chi connectivity index (χ1n) is 26.2. The Bertz CT molecular complexity index is 1010. The highest BCUT2D eigenvalue weighted by Gasteiger charge is 2.21. The summed E-state index contributed by atoms with van der Waals surface area (Å²) >= 11 is 0. The molecule has 0 spiro atoms. The quantitative estimate of drug-likeness (QED) is 0.0257. The van der Waals surface area contributed by atoms with Crippen LogP contribution in [-0.4, -0.2) is 70.0 Å². The molecule has 0 heterocycles. The van der Waals surface area contributed by atoms with Crippen LogP contribution >= 0.6 is 7.82 Å². The number of hydrogen-bond donors (Lipinski definition) is 0. The van der Waals surface area contributed by atoms with Gasteiger partial charge in [-0.05, 0) is 12.8 Å². The van der Waals surface area contributed by atoms with Crippen LogP contribution in [0.1, 0.15) is 264 Å². The zero-order valence-corrected chi connectivity index (χ0v) is 42.0. The minimum Gasteiger partial charge on any atom is -0.756 e. The maximum Gasteiger partial charge on any atom is 0.306 e. The Morgan fingerprint density at radius 2 is 0.738 bits per heavy atom. The summed E-state index contributed by atoms with van der Waals surface area (Å²) in [6.07, 6.45) is 47.5. The van der Waals surface area contributed by atoms with Crippen LogP contribution in [0, 0.1) is 0 Å². The zero-order chi connectivity index (χ0) is 45.0. The van der Waals surface area contributed by atoms with Crippen molar-refractivity contribution < 1.29 is 42.1 Å². The number of ether oxygens (including phenoxy) is 2. The van der Waals surface area contributed by atoms with Gasteiger partial charge in [0.2, 0.25) is 0 Å². The van der Waals surface area contributed by atoms with E-state index in [2.05, 4.69) is 13.8 Å². The maximum absolute atomic E-state index is 12.7. The molecule has 2 unspecified atom stereocenters. The molecule has 2 atom stereocenters. The van der Waals surface area contributed by atoms with Crippen LogP contribution in [-0.2, 0) is 32.7 Å². The van der Waals surface area contributed by atoms with E-state index in [4.69, 9.17) is 18.5 Å². The maximum atomic E-state index is 12.7. The lowest BCUT2D eigenvalue weighted by Crippen LogP contribution is -2.37. The zero-order valence-electron chi connectivity index (χ0n) is 41.1. The molecule has 0 aliphatic rings. The second-order valence-electron chi connectivity index (χ2n) is 19.3. The van der Waals surface area contributed by atoms with Gasteiger partial charge in [0.25, 0.3) is 7.82 Å². The normalized spacial score (nSPS) is 13.3. The molecule has 0 saturated carbocycles. The monoisotopic (exact) mass is 888 g/mol. The van der Waals surface area contributed by atoms with Gasteiger partial charge in [0.1, 0.15) is 19.8 Å². The van der Waals surface area contributed by atoms with E-state index in [9.17, 15) is 19.0 Å². The van der Waals surface area contributed by atoms with Gasteiger partial charge in [0, 0.05) is 12.8 Å². The van der Waals surface area contributed by atoms with Crippen LogP contribution in [0.3, 0.4) is 0 Å². The van der Waals surface area contributed by atoms with Gasteiger partial charge in [0.15, 0.2) is 6.10 Å². The molecule has 0 N–H and O–H groups in total. The molecule has 0 amide bonds. The topological polar surface area (TPSA) is 111 Å². The predicted octanol–water partition coefficient (Wildman–Crippen LogP) is 14.9. The molecule has 61 heavy (non-hydrogen) atoms. The minimum absolute atomic E-state index is 0.0258. The average molecular weight is 888 g/mol. The van der Waals surface area contributed by atoms with E-state index in [1.165, 1.54) is 199 Å². The van der Waals surface area contributed by atoms with Gasteiger partial charge >= 0.3 is 11.9 Å². The summed E-state index contributed by atoms with van der Waals surface area (Å²) in [6, 6.07) is 0. The number of rotatable bonds is 49. The Kier molecular flexibility index (Phi) is 43.5. The van der Waals surface area contributed by atoms with Crippen molar-refractivity contribution in [1.82, 2.24) is 0 Å². The van der Waals surface area contributed by atoms with Gasteiger partial charge in [0.05, 0.1) is 27.7 Å². The summed E-state index contributed by atoms with van der Waals surface area (Å²) in [4.78, 5) is 37.5. The van der Waals surface area contributed by atoms with Gasteiger partial charge in [-0.3, -0.25) is 14.2 Å². The van der Waals surface area contributed by atoms with E-state index >= 15 is 0 Å². The van der Waals surface area contributed by atoms with Gasteiger partial charge in [-0.2, -0.15) is 0 Å². The minimum atomic E-state index is -4.62. The molecule has 0 bridgehead atoms. The molecule has 0 radical (unpaired) electrons. The van der Waals surface area contributed by atoms with Gasteiger partial charge in [-0.25, -0.2) is 0 Å². The summed E-state index contributed by atoms with van der Waals surface area (Å²) in [5.74, 6) is -0.822. The lowest BCUT2D eigenvalue weighted by atomic mass is 10.0. The van der Waals surface area contributed by atoms with Crippen LogP contribution in [0.25, 0.3) is 0 Å². The van der Waals surface area contributed by atoms with Gasteiger partial charge in [-0.15, -0.1) is 0 Å². The highest BCUT2D eigenvalue weighted by atomic mass is 31.2. The number of quaternary nitrogens is 1. The first-order valence-corrected chi connectivity index (χ1v) is 27.7. The van der Waals surface area contributed by atoms with E-state index < -0.39 is 26.5 Å². The number of carbonyl (C=O) groups excluding carboxylic acids is 2. The van der Waals surface area contributed by atoms with Crippen molar-refractivity contribution in [2.45, 2.75) is 270 Å². The fourth-order valence-corrected chi connectivity index (χ4v) is 8.50. The number of hydrogen-bond acceptors (Lipinski definition) is 8. The van der Waals surface area contributed by atoms with Crippen molar-refractivity contribution in [1.29, 1.82) is 0 Å². The number of phosphoric acid groups is 1. The molecule has 364 valence electrons. The van der Waals surface area contributed by atoms with Crippen molar-refractivity contribution >= 4 is 19.8 Å². The highest BCUT2D eigenvalue weighted by molar-refractivity contribution is 7.45. The Morgan fingerprint density at radius 3 is 1.05 bits per heavy atom. The fraction of sp³-hybridized carbons (Fsp3) is 0.961. The second-order valence-corrected chi connectivity index (χ2v) is 20.7. The van der Waals surface area contributed by atoms with Crippen molar-refractivity contribution in [3.63, 3.8) is 0 Å². The average Bonchev–Trinajstić information content (AvgIpc) is 3.21. The van der Waals surface area contributed by atoms with Crippen molar-refractivity contribution in [2.24, 2.45) is 0 Å². The van der Waals surface area contributed by atoms with Gasteiger partial charge < -0.3 is 27.9 Å². The predicted molar refractivity (Wildman–Crippen MR) is 255 cm³/mol. The third kappa shape index (κ3) is 48.3. The number of carbonyl (C=O) groups is 2. The Balaban J connectivity index is 3.94. The molecule has 9 nitrogen and oxygen atoms in total. The van der Waals surface area contributed by atoms with Crippen LogP contribution in [0.4, 0.5) is 0 Å². The number of esters is 2. The smallest absolute Gasteiger partial charge is 0.306 e. The molecule has 0 fully saturated rings. The van der Waals surface area contributed by atoms with Crippen LogP contribution < -0.4 is 4.89 Å². The van der Waals surface area contributed by atoms with Crippen molar-refractivity contribution in [3.8, 4) is 0 Å². The molecule has 0 aliphatic carbocycles. The van der Waals surface area contributed by atoms with Crippen LogP contribution in [0.2, 0.25) is 0 Å². The molecule has 0 rings (SSSR count). The van der Waals surface area contributed by atoms with Gasteiger partial charge in [-0.1, -0.05) is 239 Å². The van der Waals surface area contributed by atoms with Crippen LogP contribution in [0.15, 0.2) is 0 Å². The molecular weight excluding hydrogens is 786 g/mol. The molecule has 0 saturated heterocycles. The summed E-state index contributed by atoms with van der Waals surface area (Å²) < 4.78 is 33.9. The van der Waals surface area contributed by atoms with E-state index in [-0.39, 0.29) is 32.0 Å². The third-order valence-electron chi connectivity index (χ3n) is 11.9. The summed E-state index contributed by atoms with van der Waals surface area (Å²) in [7, 11) is 1.18. The van der Waals surface area contributed by atoms with E-state index in [1.54, 1.807) is 0 Å². The molecule has 0 aromatic heterocycles.